The fourth-order valence-electron chi connectivity index (χ4n) is 2.80. The van der Waals surface area contributed by atoms with Crippen molar-refractivity contribution in [2.45, 2.75) is 6.92 Å². The van der Waals surface area contributed by atoms with Crippen molar-refractivity contribution < 1.29 is 13.7 Å². The first-order valence-corrected chi connectivity index (χ1v) is 7.44. The number of carbonyl (C=O) groups is 1. The summed E-state index contributed by atoms with van der Waals surface area (Å²) in [6.45, 7) is 3.57. The van der Waals surface area contributed by atoms with Crippen LogP contribution in [-0.4, -0.2) is 41.7 Å². The van der Waals surface area contributed by atoms with Crippen LogP contribution in [-0.2, 0) is 7.05 Å². The molecule has 0 spiro atoms. The molecule has 1 aliphatic heterocycles. The number of aromatic nitrogens is 1. The normalized spacial score (nSPS) is 15.1. The van der Waals surface area contributed by atoms with Crippen molar-refractivity contribution in [2.75, 3.05) is 31.1 Å². The van der Waals surface area contributed by atoms with E-state index in [0.717, 1.165) is 0 Å². The number of hydrogen-bond donors (Lipinski definition) is 0. The number of carbonyl (C=O) groups excluding carboxylic acids is 1. The number of aryl methyl sites for hydroxylation is 1. The van der Waals surface area contributed by atoms with Gasteiger partial charge in [0.2, 0.25) is 0 Å². The Hall–Kier alpha value is -2.57. The van der Waals surface area contributed by atoms with Crippen molar-refractivity contribution in [3.05, 3.63) is 51.8 Å². The molecule has 2 heterocycles. The van der Waals surface area contributed by atoms with Gasteiger partial charge in [-0.3, -0.25) is 4.79 Å². The van der Waals surface area contributed by atoms with Crippen LogP contribution < -0.4 is 10.5 Å². The van der Waals surface area contributed by atoms with E-state index in [2.05, 4.69) is 0 Å². The number of rotatable bonds is 2. The summed E-state index contributed by atoms with van der Waals surface area (Å²) in [5.41, 5.74) is 0.505. The molecule has 6 nitrogen and oxygen atoms in total. The van der Waals surface area contributed by atoms with Crippen LogP contribution in [0.3, 0.4) is 0 Å². The van der Waals surface area contributed by atoms with Crippen LogP contribution in [0.4, 0.5) is 10.1 Å². The quantitative estimate of drug-likeness (QED) is 0.839. The Morgan fingerprint density at radius 2 is 1.83 bits per heavy atom. The van der Waals surface area contributed by atoms with Crippen molar-refractivity contribution in [3.8, 4) is 0 Å². The number of halogens is 1. The lowest BCUT2D eigenvalue weighted by Gasteiger charge is -2.36. The molecule has 1 aromatic carbocycles. The molecule has 0 atom stereocenters. The summed E-state index contributed by atoms with van der Waals surface area (Å²) in [6.07, 6.45) is 0. The van der Waals surface area contributed by atoms with Gasteiger partial charge in [-0.15, -0.1) is 0 Å². The number of para-hydroxylation sites is 1. The van der Waals surface area contributed by atoms with E-state index in [9.17, 15) is 14.0 Å². The largest absolute Gasteiger partial charge is 0.370 e. The van der Waals surface area contributed by atoms with Crippen molar-refractivity contribution >= 4 is 11.6 Å². The van der Waals surface area contributed by atoms with E-state index in [1.54, 1.807) is 37.1 Å². The summed E-state index contributed by atoms with van der Waals surface area (Å²) in [4.78, 5) is 27.8. The maximum atomic E-state index is 13.8. The zero-order valence-electron chi connectivity index (χ0n) is 13.1. The minimum absolute atomic E-state index is 0.0758. The summed E-state index contributed by atoms with van der Waals surface area (Å²) >= 11 is 0. The molecule has 7 heteroatoms. The summed E-state index contributed by atoms with van der Waals surface area (Å²) in [6, 6.07) is 6.58. The van der Waals surface area contributed by atoms with Gasteiger partial charge in [0.05, 0.1) is 11.4 Å². The van der Waals surface area contributed by atoms with E-state index in [1.807, 2.05) is 4.90 Å². The fourth-order valence-corrected chi connectivity index (χ4v) is 2.80. The third kappa shape index (κ3) is 2.74. The first-order valence-electron chi connectivity index (χ1n) is 7.44. The number of hydrogen-bond acceptors (Lipinski definition) is 4. The van der Waals surface area contributed by atoms with E-state index < -0.39 is 5.63 Å². The summed E-state index contributed by atoms with van der Waals surface area (Å²) in [5.74, 6) is -0.600. The summed E-state index contributed by atoms with van der Waals surface area (Å²) in [5, 5.41) is 0. The Morgan fingerprint density at radius 3 is 2.39 bits per heavy atom. The minimum atomic E-state index is -0.619. The number of nitrogens with zero attached hydrogens (tertiary/aromatic N) is 3. The number of amides is 1. The molecule has 0 aliphatic carbocycles. The number of anilines is 1. The van der Waals surface area contributed by atoms with Gasteiger partial charge in [-0.2, -0.15) is 0 Å². The van der Waals surface area contributed by atoms with Crippen LogP contribution in [0.25, 0.3) is 0 Å². The Morgan fingerprint density at radius 1 is 1.17 bits per heavy atom. The molecule has 1 amide bonds. The Labute approximate surface area is 132 Å². The first kappa shape index (κ1) is 15.3. The van der Waals surface area contributed by atoms with Gasteiger partial charge in [0.1, 0.15) is 11.4 Å². The number of benzene rings is 1. The smallest absolute Gasteiger partial charge is 0.366 e. The van der Waals surface area contributed by atoms with E-state index in [-0.39, 0.29) is 17.3 Å². The van der Waals surface area contributed by atoms with Gasteiger partial charge in [-0.25, -0.2) is 13.9 Å². The van der Waals surface area contributed by atoms with Crippen LogP contribution in [0, 0.1) is 12.7 Å². The van der Waals surface area contributed by atoms with Crippen molar-refractivity contribution in [3.63, 3.8) is 0 Å². The zero-order valence-corrected chi connectivity index (χ0v) is 13.1. The monoisotopic (exact) mass is 319 g/mol. The topological polar surface area (TPSA) is 58.7 Å². The second kappa shape index (κ2) is 5.91. The molecule has 0 saturated carbocycles. The first-order chi connectivity index (χ1) is 11.0. The van der Waals surface area contributed by atoms with Crippen LogP contribution in [0.15, 0.2) is 33.6 Å². The highest BCUT2D eigenvalue weighted by Crippen LogP contribution is 2.20. The molecule has 0 N–H and O–H groups in total. The lowest BCUT2D eigenvalue weighted by Crippen LogP contribution is -2.49. The molecule has 0 unspecified atom stereocenters. The minimum Gasteiger partial charge on any atom is -0.366 e. The molecule has 122 valence electrons. The van der Waals surface area contributed by atoms with E-state index in [1.165, 1.54) is 10.8 Å². The van der Waals surface area contributed by atoms with Crippen molar-refractivity contribution in [1.29, 1.82) is 0 Å². The van der Waals surface area contributed by atoms with Gasteiger partial charge in [-0.1, -0.05) is 12.1 Å². The summed E-state index contributed by atoms with van der Waals surface area (Å²) < 4.78 is 20.0. The van der Waals surface area contributed by atoms with Gasteiger partial charge in [0.25, 0.3) is 5.91 Å². The predicted octanol–water partition coefficient (Wildman–Crippen LogP) is 1.39. The molecule has 0 bridgehead atoms. The summed E-state index contributed by atoms with van der Waals surface area (Å²) in [7, 11) is 1.59. The SMILES string of the molecule is Cc1c(C(=O)N2CCN(c3ccccc3F)CC2)c(=O)on1C. The molecule has 1 aliphatic rings. The van der Waals surface area contributed by atoms with Crippen LogP contribution >= 0.6 is 0 Å². The van der Waals surface area contributed by atoms with Crippen molar-refractivity contribution in [2.24, 2.45) is 7.05 Å². The highest BCUT2D eigenvalue weighted by Gasteiger charge is 2.28. The highest BCUT2D eigenvalue weighted by atomic mass is 19.1. The molecular weight excluding hydrogens is 301 g/mol. The molecule has 1 fully saturated rings. The van der Waals surface area contributed by atoms with Gasteiger partial charge >= 0.3 is 5.63 Å². The number of piperazine rings is 1. The molecule has 0 radical (unpaired) electrons. The van der Waals surface area contributed by atoms with Crippen LogP contribution in [0.1, 0.15) is 16.1 Å². The predicted molar refractivity (Wildman–Crippen MR) is 83.2 cm³/mol. The maximum absolute atomic E-state index is 13.8. The lowest BCUT2D eigenvalue weighted by atomic mass is 10.2. The Kier molecular flexibility index (Phi) is 3.94. The Balaban J connectivity index is 1.73. The fraction of sp³-hybridized carbons (Fsp3) is 0.375. The van der Waals surface area contributed by atoms with Gasteiger partial charge in [0.15, 0.2) is 0 Å². The van der Waals surface area contributed by atoms with E-state index >= 15 is 0 Å². The second-order valence-electron chi connectivity index (χ2n) is 5.57. The molecule has 2 aromatic rings. The van der Waals surface area contributed by atoms with E-state index in [0.29, 0.717) is 37.6 Å². The molecule has 3 rings (SSSR count). The van der Waals surface area contributed by atoms with Crippen LogP contribution in [0.2, 0.25) is 0 Å². The average molecular weight is 319 g/mol. The third-order valence-corrected chi connectivity index (χ3v) is 4.23. The third-order valence-electron chi connectivity index (χ3n) is 4.23. The lowest BCUT2D eigenvalue weighted by molar-refractivity contribution is 0.0743. The van der Waals surface area contributed by atoms with E-state index in [4.69, 9.17) is 4.52 Å². The maximum Gasteiger partial charge on any atom is 0.370 e. The second-order valence-corrected chi connectivity index (χ2v) is 5.57. The van der Waals surface area contributed by atoms with Crippen LogP contribution in [0.5, 0.6) is 0 Å². The zero-order chi connectivity index (χ0) is 16.6. The molecule has 1 saturated heterocycles. The van der Waals surface area contributed by atoms with Gasteiger partial charge in [0, 0.05) is 33.2 Å². The van der Waals surface area contributed by atoms with Gasteiger partial charge in [-0.05, 0) is 19.1 Å². The molecule has 1 aromatic heterocycles. The molecule has 23 heavy (non-hydrogen) atoms. The molecular formula is C16H18FN3O3. The Bertz CT molecular complexity index is 788. The van der Waals surface area contributed by atoms with Crippen molar-refractivity contribution in [1.82, 2.24) is 9.64 Å². The highest BCUT2D eigenvalue weighted by molar-refractivity contribution is 5.95. The van der Waals surface area contributed by atoms with Gasteiger partial charge < -0.3 is 14.3 Å². The standard InChI is InChI=1S/C16H18FN3O3/c1-11-14(16(22)23-18(11)2)15(21)20-9-7-19(8-10-20)13-6-4-3-5-12(13)17/h3-6H,7-10H2,1-2H3. The average Bonchev–Trinajstić information content (AvgIpc) is 2.80.